The molecule has 0 radical (unpaired) electrons. The average molecular weight is 449 g/mol. The van der Waals surface area contributed by atoms with Crippen molar-refractivity contribution in [2.24, 2.45) is 12.5 Å². The molecule has 4 heterocycles. The van der Waals surface area contributed by atoms with Crippen LogP contribution < -0.4 is 9.30 Å². The molecule has 6 aromatic rings. The Labute approximate surface area is 197 Å². The van der Waals surface area contributed by atoms with Crippen LogP contribution in [0.4, 0.5) is 0 Å². The van der Waals surface area contributed by atoms with Crippen LogP contribution in [0.15, 0.2) is 63.8 Å². The zero-order chi connectivity index (χ0) is 23.4. The lowest BCUT2D eigenvalue weighted by Gasteiger charge is -2.21. The quantitative estimate of drug-likeness (QED) is 0.239. The zero-order valence-electron chi connectivity index (χ0n) is 20.1. The Bertz CT molecular complexity index is 1810. The van der Waals surface area contributed by atoms with Crippen LogP contribution in [0.5, 0.6) is 11.5 Å². The van der Waals surface area contributed by atoms with E-state index in [1.807, 2.05) is 12.1 Å². The van der Waals surface area contributed by atoms with Crippen LogP contribution in [-0.2, 0) is 13.5 Å². The molecule has 1 aliphatic rings. The predicted octanol–water partition coefficient (Wildman–Crippen LogP) is 7.98. The van der Waals surface area contributed by atoms with Crippen molar-refractivity contribution >= 4 is 43.7 Å². The molecule has 4 heteroatoms. The smallest absolute Gasteiger partial charge is 0.228 e. The summed E-state index contributed by atoms with van der Waals surface area (Å²) in [6.45, 7) is 8.95. The highest BCUT2D eigenvalue weighted by atomic mass is 16.5. The summed E-state index contributed by atoms with van der Waals surface area (Å²) in [4.78, 5) is 0. The highest BCUT2D eigenvalue weighted by molar-refractivity contribution is 6.17. The Kier molecular flexibility index (Phi) is 3.71. The second kappa shape index (κ2) is 6.41. The number of pyridine rings is 1. The summed E-state index contributed by atoms with van der Waals surface area (Å²) >= 11 is 0. The highest BCUT2D eigenvalue weighted by Crippen LogP contribution is 2.52. The number of benzene rings is 3. The van der Waals surface area contributed by atoms with Gasteiger partial charge in [-0.3, -0.25) is 0 Å². The normalized spacial score (nSPS) is 13.2. The molecule has 0 unspecified atom stereocenters. The summed E-state index contributed by atoms with van der Waals surface area (Å²) in [6.07, 6.45) is 4.89. The number of ether oxygens (including phenoxy) is 1. The second-order valence-corrected chi connectivity index (χ2v) is 10.8. The van der Waals surface area contributed by atoms with Gasteiger partial charge in [-0.2, -0.15) is 0 Å². The molecule has 0 atom stereocenters. The van der Waals surface area contributed by atoms with Gasteiger partial charge in [-0.25, -0.2) is 4.57 Å². The Morgan fingerprint density at radius 3 is 2.59 bits per heavy atom. The van der Waals surface area contributed by atoms with Gasteiger partial charge >= 0.3 is 0 Å². The van der Waals surface area contributed by atoms with Gasteiger partial charge in [0.25, 0.3) is 0 Å². The van der Waals surface area contributed by atoms with Crippen molar-refractivity contribution in [3.8, 4) is 22.8 Å². The summed E-state index contributed by atoms with van der Waals surface area (Å²) in [5.41, 5.74) is 7.46. The average Bonchev–Trinajstić information content (AvgIpc) is 3.39. The Balaban J connectivity index is 1.58. The van der Waals surface area contributed by atoms with Crippen molar-refractivity contribution in [1.29, 1.82) is 0 Å². The zero-order valence-corrected chi connectivity index (χ0v) is 20.1. The summed E-state index contributed by atoms with van der Waals surface area (Å²) in [5, 5.41) is 5.57. The lowest BCUT2D eigenvalue weighted by atomic mass is 9.87. The fraction of sp³-hybridized carbons (Fsp3) is 0.233. The van der Waals surface area contributed by atoms with E-state index in [1.165, 1.54) is 5.56 Å². The van der Waals surface area contributed by atoms with Crippen molar-refractivity contribution < 1.29 is 18.1 Å². The maximum Gasteiger partial charge on any atom is 0.228 e. The molecule has 0 aliphatic carbocycles. The van der Waals surface area contributed by atoms with Crippen LogP contribution in [0, 0.1) is 12.3 Å². The summed E-state index contributed by atoms with van der Waals surface area (Å²) < 4.78 is 21.0. The molecule has 0 saturated carbocycles. The maximum atomic E-state index is 6.65. The van der Waals surface area contributed by atoms with Crippen molar-refractivity contribution in [2.45, 2.75) is 34.1 Å². The van der Waals surface area contributed by atoms with Crippen LogP contribution in [0.25, 0.3) is 54.9 Å². The van der Waals surface area contributed by atoms with E-state index < -0.39 is 0 Å². The lowest BCUT2D eigenvalue weighted by molar-refractivity contribution is -0.659. The van der Waals surface area contributed by atoms with E-state index in [9.17, 15) is 0 Å². The fourth-order valence-electron chi connectivity index (χ4n) is 5.63. The van der Waals surface area contributed by atoms with Gasteiger partial charge in [0, 0.05) is 28.3 Å². The molecule has 0 amide bonds. The number of rotatable bonds is 1. The van der Waals surface area contributed by atoms with Crippen LogP contribution in [0.1, 0.15) is 31.9 Å². The van der Waals surface area contributed by atoms with E-state index >= 15 is 0 Å². The third-order valence-electron chi connectivity index (χ3n) is 7.05. The Hall–Kier alpha value is -3.79. The number of hydrogen-bond donors (Lipinski definition) is 0. The van der Waals surface area contributed by atoms with E-state index in [1.54, 1.807) is 6.26 Å². The van der Waals surface area contributed by atoms with Gasteiger partial charge in [-0.15, -0.1) is 0 Å². The monoisotopic (exact) mass is 448 g/mol. The van der Waals surface area contributed by atoms with E-state index in [2.05, 4.69) is 75.8 Å². The first-order chi connectivity index (χ1) is 16.3. The van der Waals surface area contributed by atoms with E-state index in [0.717, 1.165) is 78.4 Å². The van der Waals surface area contributed by atoms with Gasteiger partial charge in [0.2, 0.25) is 5.69 Å². The third-order valence-corrected chi connectivity index (χ3v) is 7.05. The van der Waals surface area contributed by atoms with Gasteiger partial charge in [-0.1, -0.05) is 26.8 Å². The second-order valence-electron chi connectivity index (χ2n) is 10.8. The molecule has 34 heavy (non-hydrogen) atoms. The molecule has 0 fully saturated rings. The first-order valence-electron chi connectivity index (χ1n) is 11.8. The lowest BCUT2D eigenvalue weighted by Crippen LogP contribution is -2.31. The van der Waals surface area contributed by atoms with Crippen LogP contribution in [-0.4, -0.2) is 0 Å². The van der Waals surface area contributed by atoms with Gasteiger partial charge in [0.15, 0.2) is 17.5 Å². The minimum atomic E-state index is 0.220. The maximum absolute atomic E-state index is 6.65. The number of furan rings is 2. The molecule has 0 saturated heterocycles. The van der Waals surface area contributed by atoms with Crippen LogP contribution in [0.3, 0.4) is 0 Å². The molecular weight excluding hydrogens is 422 g/mol. The molecule has 0 N–H and O–H groups in total. The van der Waals surface area contributed by atoms with Gasteiger partial charge in [0.1, 0.15) is 29.3 Å². The van der Waals surface area contributed by atoms with E-state index in [-0.39, 0.29) is 5.41 Å². The minimum Gasteiger partial charge on any atom is -0.464 e. The summed E-state index contributed by atoms with van der Waals surface area (Å²) in [7, 11) is 2.09. The molecule has 3 aromatic carbocycles. The van der Waals surface area contributed by atoms with Crippen LogP contribution >= 0.6 is 0 Å². The molecular formula is C30H26NO3+. The highest BCUT2D eigenvalue weighted by Gasteiger charge is 2.33. The predicted molar refractivity (Wildman–Crippen MR) is 136 cm³/mol. The number of nitrogens with zero attached hydrogens (tertiary/aromatic N) is 1. The first kappa shape index (κ1) is 19.7. The number of fused-ring (bicyclic) bond motifs is 7. The molecule has 3 aromatic heterocycles. The van der Waals surface area contributed by atoms with Crippen molar-refractivity contribution in [1.82, 2.24) is 0 Å². The SMILES string of the molecule is Cc1c2c(cc3occc13)Oc1c3oc4ccc(CC(C)(C)C)cc4c3cc3cc[n+](C)c-2c13. The number of aryl methyl sites for hydroxylation is 2. The van der Waals surface area contributed by atoms with Crippen molar-refractivity contribution in [3.05, 3.63) is 66.1 Å². The van der Waals surface area contributed by atoms with Gasteiger partial charge in [0.05, 0.1) is 11.8 Å². The minimum absolute atomic E-state index is 0.220. The molecule has 0 spiro atoms. The first-order valence-corrected chi connectivity index (χ1v) is 11.8. The third kappa shape index (κ3) is 2.62. The van der Waals surface area contributed by atoms with E-state index in [4.69, 9.17) is 13.6 Å². The summed E-state index contributed by atoms with van der Waals surface area (Å²) in [6, 6.07) is 15.0. The van der Waals surface area contributed by atoms with Crippen molar-refractivity contribution in [3.63, 3.8) is 0 Å². The molecule has 168 valence electrons. The van der Waals surface area contributed by atoms with E-state index in [0.29, 0.717) is 0 Å². The van der Waals surface area contributed by atoms with Gasteiger partial charge < -0.3 is 13.6 Å². The van der Waals surface area contributed by atoms with Gasteiger partial charge in [-0.05, 0) is 59.5 Å². The standard InChI is InChI=1S/C30H26NO3/c1-16-19-9-11-32-23(19)14-24-25(16)27-26-18(8-10-31(27)5)13-21-20-12-17(15-30(2,3)4)6-7-22(20)33-28(21)29(26)34-24/h6-14H,15H2,1-5H3/q+1. The Morgan fingerprint density at radius 2 is 1.76 bits per heavy atom. The fourth-order valence-corrected chi connectivity index (χ4v) is 5.63. The molecule has 0 bridgehead atoms. The number of hydrogen-bond acceptors (Lipinski definition) is 3. The molecule has 1 aliphatic heterocycles. The molecule has 4 nitrogen and oxygen atoms in total. The topological polar surface area (TPSA) is 39.4 Å². The Morgan fingerprint density at radius 1 is 0.912 bits per heavy atom. The van der Waals surface area contributed by atoms with Crippen molar-refractivity contribution in [2.75, 3.05) is 0 Å². The summed E-state index contributed by atoms with van der Waals surface area (Å²) in [5.74, 6) is 1.59. The largest absolute Gasteiger partial charge is 0.464 e. The molecule has 7 rings (SSSR count). The number of aromatic nitrogens is 1. The van der Waals surface area contributed by atoms with Crippen LogP contribution in [0.2, 0.25) is 0 Å².